The van der Waals surface area contributed by atoms with Gasteiger partial charge in [0.1, 0.15) is 6.04 Å². The van der Waals surface area contributed by atoms with E-state index in [0.717, 1.165) is 5.56 Å². The Labute approximate surface area is 98.0 Å². The van der Waals surface area contributed by atoms with Gasteiger partial charge >= 0.3 is 0 Å². The summed E-state index contributed by atoms with van der Waals surface area (Å²) in [4.78, 5) is 23.4. The molecule has 4 nitrogen and oxygen atoms in total. The molecule has 2 amide bonds. The zero-order valence-corrected chi connectivity index (χ0v) is 9.68. The Balaban J connectivity index is 2.60. The summed E-state index contributed by atoms with van der Waals surface area (Å²) in [5.74, 6) is -0.552. The summed E-state index contributed by atoms with van der Waals surface area (Å²) in [7, 11) is 0. The molecule has 1 unspecified atom stereocenters. The van der Waals surface area contributed by atoms with Crippen molar-refractivity contribution in [2.45, 2.75) is 19.9 Å². The first kappa shape index (κ1) is 11.0. The largest absolute Gasteiger partial charge is 0.340 e. The number of nitrogens with one attached hydrogen (secondary N) is 2. The number of hydrogen-bond donors (Lipinski definition) is 2. The standard InChI is InChI=1S/C11H11ClN2O2/c1-5-3-7-9(8(12)4-5)14-10(15)6(2)13-11(7)16/h3-4,6H,1-2H3,(H,13,16)(H,14,15). The Morgan fingerprint density at radius 1 is 1.31 bits per heavy atom. The van der Waals surface area contributed by atoms with Crippen LogP contribution in [0.5, 0.6) is 0 Å². The predicted molar refractivity (Wildman–Crippen MR) is 61.7 cm³/mol. The van der Waals surface area contributed by atoms with Gasteiger partial charge in [-0.3, -0.25) is 9.59 Å². The van der Waals surface area contributed by atoms with Crippen molar-refractivity contribution in [2.75, 3.05) is 5.32 Å². The van der Waals surface area contributed by atoms with E-state index in [2.05, 4.69) is 10.6 Å². The number of carbonyl (C=O) groups excluding carboxylic acids is 2. The van der Waals surface area contributed by atoms with Crippen LogP contribution in [0.1, 0.15) is 22.8 Å². The fourth-order valence-electron chi connectivity index (χ4n) is 1.62. The summed E-state index contributed by atoms with van der Waals surface area (Å²) in [6.45, 7) is 3.47. The minimum atomic E-state index is -0.559. The van der Waals surface area contributed by atoms with Crippen molar-refractivity contribution in [2.24, 2.45) is 0 Å². The number of aryl methyl sites for hydroxylation is 1. The van der Waals surface area contributed by atoms with Crippen LogP contribution in [0.4, 0.5) is 5.69 Å². The van der Waals surface area contributed by atoms with E-state index in [9.17, 15) is 9.59 Å². The molecule has 1 aliphatic rings. The first-order valence-corrected chi connectivity index (χ1v) is 5.28. The molecule has 1 heterocycles. The number of amides is 2. The third-order valence-corrected chi connectivity index (χ3v) is 2.77. The van der Waals surface area contributed by atoms with Crippen molar-refractivity contribution in [3.05, 3.63) is 28.3 Å². The number of anilines is 1. The third-order valence-electron chi connectivity index (χ3n) is 2.47. The highest BCUT2D eigenvalue weighted by atomic mass is 35.5. The zero-order chi connectivity index (χ0) is 11.9. The van der Waals surface area contributed by atoms with Gasteiger partial charge in [0, 0.05) is 0 Å². The second kappa shape index (κ2) is 3.79. The van der Waals surface area contributed by atoms with Crippen molar-refractivity contribution in [3.8, 4) is 0 Å². The maximum absolute atomic E-state index is 11.8. The molecule has 0 aromatic heterocycles. The number of hydrogen-bond acceptors (Lipinski definition) is 2. The van der Waals surface area contributed by atoms with Crippen molar-refractivity contribution in [3.63, 3.8) is 0 Å². The van der Waals surface area contributed by atoms with Crippen LogP contribution in [-0.4, -0.2) is 17.9 Å². The summed E-state index contributed by atoms with van der Waals surface area (Å²) in [6, 6.07) is 2.86. The molecular formula is C11H11ClN2O2. The summed E-state index contributed by atoms with van der Waals surface area (Å²) >= 11 is 6.00. The van der Waals surface area contributed by atoms with E-state index < -0.39 is 6.04 Å². The number of benzene rings is 1. The van der Waals surface area contributed by atoms with Gasteiger partial charge in [0.25, 0.3) is 5.91 Å². The van der Waals surface area contributed by atoms with Crippen LogP contribution in [0.15, 0.2) is 12.1 Å². The van der Waals surface area contributed by atoms with Crippen LogP contribution < -0.4 is 10.6 Å². The van der Waals surface area contributed by atoms with E-state index in [1.807, 2.05) is 6.92 Å². The van der Waals surface area contributed by atoms with Gasteiger partial charge in [0.05, 0.1) is 16.3 Å². The van der Waals surface area contributed by atoms with E-state index in [1.165, 1.54) is 0 Å². The van der Waals surface area contributed by atoms with Crippen LogP contribution in [0.25, 0.3) is 0 Å². The lowest BCUT2D eigenvalue weighted by molar-refractivity contribution is -0.117. The molecule has 5 heteroatoms. The van der Waals surface area contributed by atoms with Gasteiger partial charge in [-0.15, -0.1) is 0 Å². The fraction of sp³-hybridized carbons (Fsp3) is 0.273. The Morgan fingerprint density at radius 3 is 2.69 bits per heavy atom. The number of carbonyl (C=O) groups is 2. The van der Waals surface area contributed by atoms with Gasteiger partial charge in [0.15, 0.2) is 0 Å². The van der Waals surface area contributed by atoms with E-state index in [1.54, 1.807) is 19.1 Å². The SMILES string of the molecule is Cc1cc(Cl)c2c(c1)C(=O)NC(C)C(=O)N2. The molecular weight excluding hydrogens is 228 g/mol. The fourth-order valence-corrected chi connectivity index (χ4v) is 1.94. The molecule has 0 saturated heterocycles. The number of halogens is 1. The summed E-state index contributed by atoms with van der Waals surface area (Å²) in [5.41, 5.74) is 1.67. The van der Waals surface area contributed by atoms with E-state index in [4.69, 9.17) is 11.6 Å². The highest BCUT2D eigenvalue weighted by Gasteiger charge is 2.26. The minimum Gasteiger partial charge on any atom is -0.340 e. The Hall–Kier alpha value is -1.55. The van der Waals surface area contributed by atoms with Gasteiger partial charge in [-0.1, -0.05) is 11.6 Å². The Kier molecular flexibility index (Phi) is 2.59. The molecule has 1 atom stereocenters. The quantitative estimate of drug-likeness (QED) is 0.723. The molecule has 2 N–H and O–H groups in total. The summed E-state index contributed by atoms with van der Waals surface area (Å²) in [6.07, 6.45) is 0. The van der Waals surface area contributed by atoms with Crippen molar-refractivity contribution < 1.29 is 9.59 Å². The van der Waals surface area contributed by atoms with E-state index in [-0.39, 0.29) is 11.8 Å². The molecule has 0 aliphatic carbocycles. The molecule has 0 fully saturated rings. The predicted octanol–water partition coefficient (Wildman–Crippen LogP) is 1.72. The van der Waals surface area contributed by atoms with Gasteiger partial charge < -0.3 is 10.6 Å². The molecule has 0 spiro atoms. The Morgan fingerprint density at radius 2 is 2.00 bits per heavy atom. The maximum atomic E-state index is 11.8. The molecule has 16 heavy (non-hydrogen) atoms. The lowest BCUT2D eigenvalue weighted by atomic mass is 10.1. The van der Waals surface area contributed by atoms with Gasteiger partial charge in [0.2, 0.25) is 5.91 Å². The topological polar surface area (TPSA) is 58.2 Å². The molecule has 0 bridgehead atoms. The van der Waals surface area contributed by atoms with Crippen molar-refractivity contribution in [1.29, 1.82) is 0 Å². The molecule has 84 valence electrons. The highest BCUT2D eigenvalue weighted by molar-refractivity contribution is 6.35. The van der Waals surface area contributed by atoms with Crippen LogP contribution in [0, 0.1) is 6.92 Å². The average molecular weight is 239 g/mol. The van der Waals surface area contributed by atoms with Crippen molar-refractivity contribution in [1.82, 2.24) is 5.32 Å². The molecule has 0 saturated carbocycles. The molecule has 0 radical (unpaired) electrons. The van der Waals surface area contributed by atoms with E-state index >= 15 is 0 Å². The normalized spacial score (nSPS) is 19.6. The smallest absolute Gasteiger partial charge is 0.254 e. The lowest BCUT2D eigenvalue weighted by Crippen LogP contribution is -2.38. The second-order valence-electron chi connectivity index (χ2n) is 3.85. The van der Waals surface area contributed by atoms with Gasteiger partial charge in [-0.05, 0) is 31.5 Å². The monoisotopic (exact) mass is 238 g/mol. The first-order chi connectivity index (χ1) is 7.49. The first-order valence-electron chi connectivity index (χ1n) is 4.91. The second-order valence-corrected chi connectivity index (χ2v) is 4.26. The Bertz CT molecular complexity index is 485. The van der Waals surface area contributed by atoms with E-state index in [0.29, 0.717) is 16.3 Å². The molecule has 2 rings (SSSR count). The molecule has 1 aromatic carbocycles. The molecule has 1 aliphatic heterocycles. The zero-order valence-electron chi connectivity index (χ0n) is 8.93. The summed E-state index contributed by atoms with van der Waals surface area (Å²) in [5, 5.41) is 5.62. The lowest BCUT2D eigenvalue weighted by Gasteiger charge is -2.08. The highest BCUT2D eigenvalue weighted by Crippen LogP contribution is 2.29. The van der Waals surface area contributed by atoms with Gasteiger partial charge in [-0.25, -0.2) is 0 Å². The number of fused-ring (bicyclic) bond motifs is 1. The summed E-state index contributed by atoms with van der Waals surface area (Å²) < 4.78 is 0. The van der Waals surface area contributed by atoms with Crippen LogP contribution in [0.2, 0.25) is 5.02 Å². The average Bonchev–Trinajstić information content (AvgIpc) is 2.29. The van der Waals surface area contributed by atoms with Gasteiger partial charge in [-0.2, -0.15) is 0 Å². The molecule has 1 aromatic rings. The van der Waals surface area contributed by atoms with Crippen LogP contribution in [0.3, 0.4) is 0 Å². The van der Waals surface area contributed by atoms with Crippen molar-refractivity contribution >= 4 is 29.1 Å². The third kappa shape index (κ3) is 1.76. The minimum absolute atomic E-state index is 0.266. The number of rotatable bonds is 0. The van der Waals surface area contributed by atoms with Crippen LogP contribution >= 0.6 is 11.6 Å². The maximum Gasteiger partial charge on any atom is 0.254 e. The van der Waals surface area contributed by atoms with Crippen LogP contribution in [-0.2, 0) is 4.79 Å².